The number of rotatable bonds is 2. The molecule has 0 spiro atoms. The van der Waals surface area contributed by atoms with Crippen LogP contribution in [0.3, 0.4) is 0 Å². The molecule has 2 rings (SSSR count). The summed E-state index contributed by atoms with van der Waals surface area (Å²) in [7, 11) is 0. The number of carboxylic acids is 1. The summed E-state index contributed by atoms with van der Waals surface area (Å²) in [6, 6.07) is 5.45. The molecule has 0 radical (unpaired) electrons. The first-order valence-electron chi connectivity index (χ1n) is 5.20. The van der Waals surface area contributed by atoms with Gasteiger partial charge in [-0.1, -0.05) is 17.7 Å². The van der Waals surface area contributed by atoms with Crippen LogP contribution in [0.25, 0.3) is 0 Å². The molecule has 0 aliphatic carbocycles. The molecule has 16 heavy (non-hydrogen) atoms. The zero-order valence-electron chi connectivity index (χ0n) is 8.94. The lowest BCUT2D eigenvalue weighted by atomic mass is 9.93. The van der Waals surface area contributed by atoms with E-state index in [-0.39, 0.29) is 6.10 Å². The molecule has 2 unspecified atom stereocenters. The van der Waals surface area contributed by atoms with Crippen LogP contribution >= 0.6 is 11.6 Å². The largest absolute Gasteiger partial charge is 0.481 e. The summed E-state index contributed by atoms with van der Waals surface area (Å²) < 4.78 is 5.51. The van der Waals surface area contributed by atoms with Gasteiger partial charge in [0.25, 0.3) is 0 Å². The molecule has 1 aromatic rings. The number of carboxylic acid groups (broad SMARTS) is 1. The Morgan fingerprint density at radius 2 is 2.31 bits per heavy atom. The van der Waals surface area contributed by atoms with E-state index in [1.165, 1.54) is 0 Å². The minimum absolute atomic E-state index is 0.338. The van der Waals surface area contributed by atoms with E-state index >= 15 is 0 Å². The van der Waals surface area contributed by atoms with Gasteiger partial charge < -0.3 is 9.84 Å². The maximum absolute atomic E-state index is 11.1. The third kappa shape index (κ3) is 2.06. The quantitative estimate of drug-likeness (QED) is 0.865. The van der Waals surface area contributed by atoms with Crippen molar-refractivity contribution in [1.82, 2.24) is 0 Å². The van der Waals surface area contributed by atoms with Gasteiger partial charge in [0.05, 0.1) is 12.0 Å². The Morgan fingerprint density at radius 1 is 1.56 bits per heavy atom. The molecular formula is C12H13ClO3. The van der Waals surface area contributed by atoms with Crippen LogP contribution in [0.4, 0.5) is 0 Å². The summed E-state index contributed by atoms with van der Waals surface area (Å²) in [5, 5.41) is 9.74. The van der Waals surface area contributed by atoms with E-state index in [0.29, 0.717) is 18.1 Å². The molecule has 1 N–H and O–H groups in total. The molecule has 0 aromatic heterocycles. The van der Waals surface area contributed by atoms with E-state index in [1.54, 1.807) is 6.07 Å². The Labute approximate surface area is 99.0 Å². The summed E-state index contributed by atoms with van der Waals surface area (Å²) in [4.78, 5) is 11.1. The van der Waals surface area contributed by atoms with Crippen LogP contribution in [0.1, 0.15) is 23.7 Å². The van der Waals surface area contributed by atoms with Crippen molar-refractivity contribution in [2.75, 3.05) is 6.61 Å². The number of aliphatic carboxylic acids is 1. The molecule has 2 atom stereocenters. The Morgan fingerprint density at radius 3 is 2.94 bits per heavy atom. The first-order chi connectivity index (χ1) is 7.59. The van der Waals surface area contributed by atoms with Gasteiger partial charge in [-0.2, -0.15) is 0 Å². The first-order valence-corrected chi connectivity index (χ1v) is 5.58. The van der Waals surface area contributed by atoms with Gasteiger partial charge in [-0.15, -0.1) is 0 Å². The predicted molar refractivity (Wildman–Crippen MR) is 60.6 cm³/mol. The maximum atomic E-state index is 11.1. The second-order valence-electron chi connectivity index (χ2n) is 4.03. The monoisotopic (exact) mass is 240 g/mol. The van der Waals surface area contributed by atoms with Crippen molar-refractivity contribution in [3.05, 3.63) is 34.3 Å². The van der Waals surface area contributed by atoms with E-state index < -0.39 is 11.9 Å². The third-order valence-electron chi connectivity index (χ3n) is 2.95. The van der Waals surface area contributed by atoms with Crippen molar-refractivity contribution in [2.45, 2.75) is 19.4 Å². The van der Waals surface area contributed by atoms with Gasteiger partial charge in [0, 0.05) is 11.6 Å². The zero-order valence-corrected chi connectivity index (χ0v) is 9.70. The van der Waals surface area contributed by atoms with Crippen molar-refractivity contribution < 1.29 is 14.6 Å². The van der Waals surface area contributed by atoms with Crippen molar-refractivity contribution in [3.8, 4) is 0 Å². The molecule has 1 aliphatic rings. The molecular weight excluding hydrogens is 228 g/mol. The van der Waals surface area contributed by atoms with E-state index in [2.05, 4.69) is 0 Å². The van der Waals surface area contributed by atoms with Crippen LogP contribution in [-0.2, 0) is 9.53 Å². The summed E-state index contributed by atoms with van der Waals surface area (Å²) in [5.41, 5.74) is 1.90. The number of carbonyl (C=O) groups is 1. The standard InChI is InChI=1S/C12H13ClO3/c1-7-6-8(13)2-3-9(7)11-10(12(14)15)4-5-16-11/h2-3,6,10-11H,4-5H2,1H3,(H,14,15). The van der Waals surface area contributed by atoms with Crippen LogP contribution in [0, 0.1) is 12.8 Å². The average Bonchev–Trinajstić information content (AvgIpc) is 2.66. The molecule has 4 heteroatoms. The number of aryl methyl sites for hydroxylation is 1. The van der Waals surface area contributed by atoms with Gasteiger partial charge in [-0.05, 0) is 36.6 Å². The summed E-state index contributed by atoms with van der Waals surface area (Å²) >= 11 is 5.87. The second kappa shape index (κ2) is 4.44. The normalized spacial score (nSPS) is 24.6. The fourth-order valence-corrected chi connectivity index (χ4v) is 2.33. The molecule has 0 bridgehead atoms. The molecule has 1 fully saturated rings. The van der Waals surface area contributed by atoms with Crippen LogP contribution < -0.4 is 0 Å². The second-order valence-corrected chi connectivity index (χ2v) is 4.46. The summed E-state index contributed by atoms with van der Waals surface area (Å²) in [6.45, 7) is 2.42. The summed E-state index contributed by atoms with van der Waals surface area (Å²) in [6.07, 6.45) is 0.233. The minimum Gasteiger partial charge on any atom is -0.481 e. The number of hydrogen-bond donors (Lipinski definition) is 1. The molecule has 1 heterocycles. The zero-order chi connectivity index (χ0) is 11.7. The van der Waals surface area contributed by atoms with Gasteiger partial charge in [0.1, 0.15) is 0 Å². The number of benzene rings is 1. The van der Waals surface area contributed by atoms with Crippen molar-refractivity contribution in [3.63, 3.8) is 0 Å². The van der Waals surface area contributed by atoms with Crippen molar-refractivity contribution in [1.29, 1.82) is 0 Å². The summed E-state index contributed by atoms with van der Waals surface area (Å²) in [5.74, 6) is -1.24. The van der Waals surface area contributed by atoms with E-state index in [0.717, 1.165) is 11.1 Å². The fraction of sp³-hybridized carbons (Fsp3) is 0.417. The van der Waals surface area contributed by atoms with Crippen molar-refractivity contribution >= 4 is 17.6 Å². The van der Waals surface area contributed by atoms with Crippen LogP contribution in [0.15, 0.2) is 18.2 Å². The molecule has 86 valence electrons. The SMILES string of the molecule is Cc1cc(Cl)ccc1C1OCCC1C(=O)O. The molecule has 0 saturated carbocycles. The lowest BCUT2D eigenvalue weighted by Crippen LogP contribution is -2.18. The van der Waals surface area contributed by atoms with Crippen LogP contribution in [0.2, 0.25) is 5.02 Å². The Balaban J connectivity index is 2.32. The smallest absolute Gasteiger partial charge is 0.309 e. The highest BCUT2D eigenvalue weighted by Crippen LogP contribution is 2.36. The lowest BCUT2D eigenvalue weighted by molar-refractivity contribution is -0.143. The lowest BCUT2D eigenvalue weighted by Gasteiger charge is -2.17. The van der Waals surface area contributed by atoms with Gasteiger partial charge in [-0.3, -0.25) is 4.79 Å². The van der Waals surface area contributed by atoms with Gasteiger partial charge in [-0.25, -0.2) is 0 Å². The Hall–Kier alpha value is -1.06. The maximum Gasteiger partial charge on any atom is 0.309 e. The Kier molecular flexibility index (Phi) is 3.17. The molecule has 1 aliphatic heterocycles. The van der Waals surface area contributed by atoms with Gasteiger partial charge >= 0.3 is 5.97 Å². The van der Waals surface area contributed by atoms with E-state index in [9.17, 15) is 4.79 Å². The Bertz CT molecular complexity index is 417. The van der Waals surface area contributed by atoms with E-state index in [1.807, 2.05) is 19.1 Å². The highest BCUT2D eigenvalue weighted by Gasteiger charge is 2.35. The first kappa shape index (κ1) is 11.4. The number of halogens is 1. The topological polar surface area (TPSA) is 46.5 Å². The molecule has 3 nitrogen and oxygen atoms in total. The van der Waals surface area contributed by atoms with Gasteiger partial charge in [0.15, 0.2) is 0 Å². The third-order valence-corrected chi connectivity index (χ3v) is 3.18. The number of hydrogen-bond acceptors (Lipinski definition) is 2. The molecule has 0 amide bonds. The fourth-order valence-electron chi connectivity index (χ4n) is 2.11. The van der Waals surface area contributed by atoms with Crippen LogP contribution in [-0.4, -0.2) is 17.7 Å². The van der Waals surface area contributed by atoms with Gasteiger partial charge in [0.2, 0.25) is 0 Å². The van der Waals surface area contributed by atoms with E-state index in [4.69, 9.17) is 21.4 Å². The number of ether oxygens (including phenoxy) is 1. The highest BCUT2D eigenvalue weighted by molar-refractivity contribution is 6.30. The average molecular weight is 241 g/mol. The highest BCUT2D eigenvalue weighted by atomic mass is 35.5. The minimum atomic E-state index is -0.795. The van der Waals surface area contributed by atoms with Crippen LogP contribution in [0.5, 0.6) is 0 Å². The predicted octanol–water partition coefficient (Wildman–Crippen LogP) is 2.81. The molecule has 1 saturated heterocycles. The molecule has 1 aromatic carbocycles. The van der Waals surface area contributed by atoms with Crippen molar-refractivity contribution in [2.24, 2.45) is 5.92 Å².